The van der Waals surface area contributed by atoms with Crippen LogP contribution in [0.25, 0.3) is 0 Å². The second kappa shape index (κ2) is 4.65. The van der Waals surface area contributed by atoms with Crippen LogP contribution in [0.3, 0.4) is 0 Å². The maximum absolute atomic E-state index is 11.6. The number of hydrogen-bond acceptors (Lipinski definition) is 3. The molecule has 2 aromatic heterocycles. The van der Waals surface area contributed by atoms with E-state index in [4.69, 9.17) is 4.42 Å². The monoisotopic (exact) mass is 219 g/mol. The van der Waals surface area contributed by atoms with Crippen molar-refractivity contribution >= 4 is 5.91 Å². The van der Waals surface area contributed by atoms with Gasteiger partial charge in [-0.25, -0.2) is 0 Å². The molecule has 0 radical (unpaired) electrons. The molecular weight excluding hydrogens is 206 g/mol. The highest BCUT2D eigenvalue weighted by molar-refractivity contribution is 5.91. The highest BCUT2D eigenvalue weighted by Crippen LogP contribution is 2.00. The summed E-state index contributed by atoms with van der Waals surface area (Å²) in [5, 5.41) is 6.90. The lowest BCUT2D eigenvalue weighted by molar-refractivity contribution is 0.0908. The Hall–Kier alpha value is -2.04. The predicted molar refractivity (Wildman–Crippen MR) is 57.9 cm³/mol. The normalized spacial score (nSPS) is 12.3. The van der Waals surface area contributed by atoms with E-state index in [0.717, 1.165) is 0 Å². The van der Waals surface area contributed by atoms with Crippen LogP contribution in [0.1, 0.15) is 17.5 Å². The summed E-state index contributed by atoms with van der Waals surface area (Å²) in [5.41, 5.74) is 0. The molecule has 2 aromatic rings. The van der Waals surface area contributed by atoms with Crippen molar-refractivity contribution < 1.29 is 9.21 Å². The average Bonchev–Trinajstić information content (AvgIpc) is 2.88. The lowest BCUT2D eigenvalue weighted by Gasteiger charge is -2.12. The van der Waals surface area contributed by atoms with E-state index in [1.54, 1.807) is 23.0 Å². The third-order valence-electron chi connectivity index (χ3n) is 2.14. The Morgan fingerprint density at radius 1 is 1.62 bits per heavy atom. The van der Waals surface area contributed by atoms with Gasteiger partial charge in [-0.1, -0.05) is 0 Å². The number of furan rings is 1. The SMILES string of the molecule is C[C@H](Cn1cccn1)NC(=O)c1ccco1. The standard InChI is InChI=1S/C11H13N3O2/c1-9(8-14-6-3-5-12-14)13-11(15)10-4-2-7-16-10/h2-7,9H,8H2,1H3,(H,13,15)/t9-/m1/s1. The maximum atomic E-state index is 11.6. The van der Waals surface area contributed by atoms with Crippen molar-refractivity contribution in [2.75, 3.05) is 0 Å². The van der Waals surface area contributed by atoms with Crippen molar-refractivity contribution in [1.82, 2.24) is 15.1 Å². The Labute approximate surface area is 93.1 Å². The fourth-order valence-corrected chi connectivity index (χ4v) is 1.44. The number of aromatic nitrogens is 2. The van der Waals surface area contributed by atoms with Crippen LogP contribution in [0.5, 0.6) is 0 Å². The Bertz CT molecular complexity index is 434. The minimum Gasteiger partial charge on any atom is -0.459 e. The predicted octanol–water partition coefficient (Wildman–Crippen LogP) is 1.29. The largest absolute Gasteiger partial charge is 0.459 e. The molecule has 1 N–H and O–H groups in total. The van der Waals surface area contributed by atoms with Crippen molar-refractivity contribution in [3.63, 3.8) is 0 Å². The van der Waals surface area contributed by atoms with E-state index in [1.807, 2.05) is 19.2 Å². The molecule has 1 amide bonds. The van der Waals surface area contributed by atoms with Gasteiger partial charge in [0.25, 0.3) is 5.91 Å². The minimum absolute atomic E-state index is 0.00231. The zero-order valence-electron chi connectivity index (χ0n) is 8.96. The van der Waals surface area contributed by atoms with Crippen LogP contribution in [-0.2, 0) is 6.54 Å². The van der Waals surface area contributed by atoms with Crippen LogP contribution in [0.15, 0.2) is 41.3 Å². The van der Waals surface area contributed by atoms with Gasteiger partial charge in [0.05, 0.1) is 12.8 Å². The number of carbonyl (C=O) groups excluding carboxylic acids is 1. The number of nitrogens with one attached hydrogen (secondary N) is 1. The molecular formula is C11H13N3O2. The fourth-order valence-electron chi connectivity index (χ4n) is 1.44. The Kier molecular flexibility index (Phi) is 3.05. The van der Waals surface area contributed by atoms with E-state index in [9.17, 15) is 4.79 Å². The van der Waals surface area contributed by atoms with E-state index < -0.39 is 0 Å². The van der Waals surface area contributed by atoms with Gasteiger partial charge in [-0.3, -0.25) is 9.48 Å². The summed E-state index contributed by atoms with van der Waals surface area (Å²) >= 11 is 0. The first kappa shape index (κ1) is 10.5. The number of nitrogens with zero attached hydrogens (tertiary/aromatic N) is 2. The molecule has 0 saturated heterocycles. The van der Waals surface area contributed by atoms with Gasteiger partial charge in [0.15, 0.2) is 5.76 Å². The third kappa shape index (κ3) is 2.50. The van der Waals surface area contributed by atoms with Gasteiger partial charge in [-0.05, 0) is 25.1 Å². The van der Waals surface area contributed by atoms with Crippen molar-refractivity contribution in [2.45, 2.75) is 19.5 Å². The number of carbonyl (C=O) groups is 1. The molecule has 2 rings (SSSR count). The molecule has 5 heteroatoms. The lowest BCUT2D eigenvalue weighted by Crippen LogP contribution is -2.35. The summed E-state index contributed by atoms with van der Waals surface area (Å²) in [6.45, 7) is 2.56. The van der Waals surface area contributed by atoms with E-state index in [-0.39, 0.29) is 11.9 Å². The number of hydrogen-bond donors (Lipinski definition) is 1. The molecule has 16 heavy (non-hydrogen) atoms. The van der Waals surface area contributed by atoms with Gasteiger partial charge in [0.2, 0.25) is 0 Å². The van der Waals surface area contributed by atoms with Crippen molar-refractivity contribution in [3.05, 3.63) is 42.6 Å². The lowest BCUT2D eigenvalue weighted by atomic mass is 10.3. The van der Waals surface area contributed by atoms with Crippen LogP contribution < -0.4 is 5.32 Å². The second-order valence-electron chi connectivity index (χ2n) is 3.58. The summed E-state index contributed by atoms with van der Waals surface area (Å²) in [6.07, 6.45) is 5.05. The maximum Gasteiger partial charge on any atom is 0.287 e. The number of rotatable bonds is 4. The molecule has 0 aliphatic rings. The van der Waals surface area contributed by atoms with Gasteiger partial charge >= 0.3 is 0 Å². The summed E-state index contributed by atoms with van der Waals surface area (Å²) in [7, 11) is 0. The molecule has 0 saturated carbocycles. The van der Waals surface area contributed by atoms with E-state index in [2.05, 4.69) is 10.4 Å². The molecule has 0 unspecified atom stereocenters. The van der Waals surface area contributed by atoms with Crippen molar-refractivity contribution in [2.24, 2.45) is 0 Å². The van der Waals surface area contributed by atoms with Crippen molar-refractivity contribution in [1.29, 1.82) is 0 Å². The van der Waals surface area contributed by atoms with Crippen LogP contribution in [0, 0.1) is 0 Å². The molecule has 0 spiro atoms. The second-order valence-corrected chi connectivity index (χ2v) is 3.58. The number of amides is 1. The van der Waals surface area contributed by atoms with Crippen molar-refractivity contribution in [3.8, 4) is 0 Å². The third-order valence-corrected chi connectivity index (χ3v) is 2.14. The Morgan fingerprint density at radius 2 is 2.50 bits per heavy atom. The highest BCUT2D eigenvalue weighted by atomic mass is 16.3. The van der Waals surface area contributed by atoms with E-state index >= 15 is 0 Å². The molecule has 84 valence electrons. The average molecular weight is 219 g/mol. The summed E-state index contributed by atoms with van der Waals surface area (Å²) in [5.74, 6) is 0.122. The van der Waals surface area contributed by atoms with Crippen LogP contribution in [0.2, 0.25) is 0 Å². The first-order chi connectivity index (χ1) is 7.75. The summed E-state index contributed by atoms with van der Waals surface area (Å²) in [4.78, 5) is 11.6. The van der Waals surface area contributed by atoms with Gasteiger partial charge in [-0.15, -0.1) is 0 Å². The van der Waals surface area contributed by atoms with Gasteiger partial charge < -0.3 is 9.73 Å². The quantitative estimate of drug-likeness (QED) is 0.843. The molecule has 0 aliphatic heterocycles. The van der Waals surface area contributed by atoms with Crippen LogP contribution in [0.4, 0.5) is 0 Å². The molecule has 0 bridgehead atoms. The van der Waals surface area contributed by atoms with Gasteiger partial charge in [-0.2, -0.15) is 5.10 Å². The minimum atomic E-state index is -0.204. The highest BCUT2D eigenvalue weighted by Gasteiger charge is 2.12. The Balaban J connectivity index is 1.88. The zero-order valence-corrected chi connectivity index (χ0v) is 8.96. The zero-order chi connectivity index (χ0) is 11.4. The fraction of sp³-hybridized carbons (Fsp3) is 0.273. The first-order valence-electron chi connectivity index (χ1n) is 5.07. The van der Waals surface area contributed by atoms with E-state index in [1.165, 1.54) is 6.26 Å². The topological polar surface area (TPSA) is 60.1 Å². The molecule has 1 atom stereocenters. The molecule has 2 heterocycles. The van der Waals surface area contributed by atoms with Gasteiger partial charge in [0, 0.05) is 18.4 Å². The van der Waals surface area contributed by atoms with E-state index in [0.29, 0.717) is 12.3 Å². The first-order valence-corrected chi connectivity index (χ1v) is 5.07. The molecule has 0 fully saturated rings. The Morgan fingerprint density at radius 3 is 3.12 bits per heavy atom. The molecule has 5 nitrogen and oxygen atoms in total. The summed E-state index contributed by atoms with van der Waals surface area (Å²) in [6, 6.07) is 5.17. The van der Waals surface area contributed by atoms with Crippen LogP contribution in [-0.4, -0.2) is 21.7 Å². The molecule has 0 aliphatic carbocycles. The van der Waals surface area contributed by atoms with Gasteiger partial charge in [0.1, 0.15) is 0 Å². The summed E-state index contributed by atoms with van der Waals surface area (Å²) < 4.78 is 6.77. The smallest absolute Gasteiger partial charge is 0.287 e. The van der Waals surface area contributed by atoms with Crippen LogP contribution >= 0.6 is 0 Å². The molecule has 0 aromatic carbocycles.